The van der Waals surface area contributed by atoms with Gasteiger partial charge in [-0.25, -0.2) is 9.37 Å². The number of nitrogens with zero attached hydrogens (tertiary/aromatic N) is 1. The summed E-state index contributed by atoms with van der Waals surface area (Å²) in [6.07, 6.45) is 2.79. The summed E-state index contributed by atoms with van der Waals surface area (Å²) in [5, 5.41) is 12.8. The van der Waals surface area contributed by atoms with Crippen LogP contribution in [0.1, 0.15) is 24.5 Å². The summed E-state index contributed by atoms with van der Waals surface area (Å²) in [6.45, 7) is 7.63. The van der Waals surface area contributed by atoms with E-state index >= 15 is 0 Å². The summed E-state index contributed by atoms with van der Waals surface area (Å²) in [6, 6.07) is 11.5. The van der Waals surface area contributed by atoms with Gasteiger partial charge in [-0.15, -0.1) is 11.3 Å². The fourth-order valence-electron chi connectivity index (χ4n) is 2.89. The molecule has 0 saturated heterocycles. The first-order valence-electron chi connectivity index (χ1n) is 10.1. The van der Waals surface area contributed by atoms with Crippen LogP contribution in [0.25, 0.3) is 0 Å². The fourth-order valence-corrected chi connectivity index (χ4v) is 4.14. The molecule has 0 amide bonds. The maximum absolute atomic E-state index is 14.6. The van der Waals surface area contributed by atoms with E-state index in [2.05, 4.69) is 57.7 Å². The Bertz CT molecular complexity index is 918. The van der Waals surface area contributed by atoms with Gasteiger partial charge in [-0.1, -0.05) is 19.1 Å². The molecule has 3 rings (SSSR count). The van der Waals surface area contributed by atoms with Gasteiger partial charge in [0.05, 0.1) is 5.69 Å². The fraction of sp³-hybridized carbons (Fsp3) is 0.318. The average molecular weight is 446 g/mol. The van der Waals surface area contributed by atoms with Gasteiger partial charge < -0.3 is 20.7 Å². The maximum Gasteiger partial charge on any atom is 0.192 e. The van der Waals surface area contributed by atoms with Gasteiger partial charge in [0.1, 0.15) is 5.82 Å². The van der Waals surface area contributed by atoms with Crippen LogP contribution in [0.5, 0.6) is 0 Å². The Morgan fingerprint density at radius 1 is 1.07 bits per heavy atom. The summed E-state index contributed by atoms with van der Waals surface area (Å²) in [4.78, 5) is 4.95. The molecule has 160 valence electrons. The number of thiazole rings is 1. The highest BCUT2D eigenvalue weighted by molar-refractivity contribution is 8.00. The molecule has 2 aromatic carbocycles. The van der Waals surface area contributed by atoms with Crippen LogP contribution in [0.15, 0.2) is 52.9 Å². The van der Waals surface area contributed by atoms with Crippen molar-refractivity contribution < 1.29 is 4.39 Å². The van der Waals surface area contributed by atoms with Crippen LogP contribution >= 0.6 is 23.3 Å². The van der Waals surface area contributed by atoms with Crippen molar-refractivity contribution >= 4 is 39.8 Å². The molecule has 0 atom stereocenters. The highest BCUT2D eigenvalue weighted by atomic mass is 32.2. The van der Waals surface area contributed by atoms with E-state index in [9.17, 15) is 4.39 Å². The highest BCUT2D eigenvalue weighted by Gasteiger charge is 2.07. The Morgan fingerprint density at radius 2 is 1.97 bits per heavy atom. The Kier molecular flexibility index (Phi) is 8.80. The molecule has 0 unspecified atom stereocenters. The molecule has 0 fully saturated rings. The van der Waals surface area contributed by atoms with Gasteiger partial charge >= 0.3 is 0 Å². The van der Waals surface area contributed by atoms with Gasteiger partial charge in [-0.3, -0.25) is 0 Å². The van der Waals surface area contributed by atoms with Gasteiger partial charge in [0.25, 0.3) is 0 Å². The van der Waals surface area contributed by atoms with Crippen molar-refractivity contribution in [3.05, 3.63) is 64.9 Å². The molecule has 0 aliphatic carbocycles. The molecule has 4 N–H and O–H groups in total. The second-order valence-corrected chi connectivity index (χ2v) is 8.61. The molecule has 30 heavy (non-hydrogen) atoms. The molecular formula is C22H28FN5S2. The van der Waals surface area contributed by atoms with E-state index in [1.807, 2.05) is 11.4 Å². The number of hydrogen-bond donors (Lipinski definition) is 4. The smallest absolute Gasteiger partial charge is 0.192 e. The van der Waals surface area contributed by atoms with Crippen molar-refractivity contribution in [3.8, 4) is 0 Å². The second-order valence-electron chi connectivity index (χ2n) is 6.83. The van der Waals surface area contributed by atoms with E-state index in [4.69, 9.17) is 0 Å². The lowest BCUT2D eigenvalue weighted by Gasteiger charge is -2.15. The van der Waals surface area contributed by atoms with Crippen molar-refractivity contribution in [1.82, 2.24) is 10.3 Å². The number of benzene rings is 2. The number of aryl methyl sites for hydroxylation is 1. The monoisotopic (exact) mass is 445 g/mol. The Balaban J connectivity index is 1.56. The third-order valence-corrected chi connectivity index (χ3v) is 6.06. The van der Waals surface area contributed by atoms with Gasteiger partial charge in [0.15, 0.2) is 5.13 Å². The lowest BCUT2D eigenvalue weighted by Crippen LogP contribution is -2.17. The zero-order valence-corrected chi connectivity index (χ0v) is 18.9. The first kappa shape index (κ1) is 22.4. The number of anilines is 3. The summed E-state index contributed by atoms with van der Waals surface area (Å²) < 4.78 is 17.7. The molecular weight excluding hydrogens is 417 g/mol. The summed E-state index contributed by atoms with van der Waals surface area (Å²) in [5.41, 5.74) is 3.91. The van der Waals surface area contributed by atoms with E-state index in [0.29, 0.717) is 12.2 Å². The average Bonchev–Trinajstić information content (AvgIpc) is 3.26. The minimum Gasteiger partial charge on any atom is -0.385 e. The van der Waals surface area contributed by atoms with E-state index in [-0.39, 0.29) is 5.82 Å². The van der Waals surface area contributed by atoms with Crippen LogP contribution < -0.4 is 20.7 Å². The van der Waals surface area contributed by atoms with Crippen LogP contribution in [0.2, 0.25) is 0 Å². The van der Waals surface area contributed by atoms with Crippen LogP contribution in [-0.2, 0) is 6.54 Å². The zero-order chi connectivity index (χ0) is 21.2. The largest absolute Gasteiger partial charge is 0.385 e. The lowest BCUT2D eigenvalue weighted by molar-refractivity contribution is 0.626. The predicted octanol–water partition coefficient (Wildman–Crippen LogP) is 5.73. The third kappa shape index (κ3) is 6.90. The standard InChI is InChI=1S/C22H28FN5S2/c1-3-24-9-4-10-25-21-13-16(2)5-6-17(21)15-27-20-8-7-18(14-19(20)23)30-28-22-26-11-12-29-22/h5-8,11-14,24-25,27H,3-4,9-10,15H2,1-2H3,(H,26,28). The molecule has 0 radical (unpaired) electrons. The highest BCUT2D eigenvalue weighted by Crippen LogP contribution is 2.27. The van der Waals surface area contributed by atoms with Crippen molar-refractivity contribution in [2.45, 2.75) is 31.7 Å². The zero-order valence-electron chi connectivity index (χ0n) is 17.3. The van der Waals surface area contributed by atoms with Crippen molar-refractivity contribution in [1.29, 1.82) is 0 Å². The SMILES string of the molecule is CCNCCCNc1cc(C)ccc1CNc1ccc(SNc2nccs2)cc1F. The van der Waals surface area contributed by atoms with Crippen LogP contribution in [0, 0.1) is 12.7 Å². The van der Waals surface area contributed by atoms with Crippen LogP contribution in [-0.4, -0.2) is 24.6 Å². The first-order valence-corrected chi connectivity index (χ1v) is 11.7. The number of rotatable bonds is 12. The lowest BCUT2D eigenvalue weighted by atomic mass is 10.1. The molecule has 0 saturated carbocycles. The Hall–Kier alpha value is -2.29. The molecule has 1 aromatic heterocycles. The second kappa shape index (κ2) is 11.8. The Labute approximate surface area is 186 Å². The van der Waals surface area contributed by atoms with E-state index in [1.165, 1.54) is 34.9 Å². The number of halogens is 1. The van der Waals surface area contributed by atoms with Gasteiger partial charge in [-0.2, -0.15) is 0 Å². The van der Waals surface area contributed by atoms with E-state index < -0.39 is 0 Å². The molecule has 3 aromatic rings. The number of nitrogens with one attached hydrogen (secondary N) is 4. The van der Waals surface area contributed by atoms with Crippen molar-refractivity contribution in [2.24, 2.45) is 0 Å². The molecule has 0 bridgehead atoms. The first-order chi connectivity index (χ1) is 14.7. The van der Waals surface area contributed by atoms with Crippen LogP contribution in [0.4, 0.5) is 20.9 Å². The Morgan fingerprint density at radius 3 is 2.73 bits per heavy atom. The maximum atomic E-state index is 14.6. The van der Waals surface area contributed by atoms with Gasteiger partial charge in [0, 0.05) is 35.2 Å². The molecule has 5 nitrogen and oxygen atoms in total. The van der Waals surface area contributed by atoms with Gasteiger partial charge in [0.2, 0.25) is 0 Å². The predicted molar refractivity (Wildman–Crippen MR) is 128 cm³/mol. The molecule has 0 aliphatic rings. The van der Waals surface area contributed by atoms with Crippen LogP contribution in [0.3, 0.4) is 0 Å². The quantitative estimate of drug-likeness (QED) is 0.211. The summed E-state index contributed by atoms with van der Waals surface area (Å²) in [5.74, 6) is -0.270. The molecule has 0 aliphatic heterocycles. The van der Waals surface area contributed by atoms with E-state index in [1.54, 1.807) is 12.3 Å². The minimum atomic E-state index is -0.270. The summed E-state index contributed by atoms with van der Waals surface area (Å²) >= 11 is 2.86. The molecule has 1 heterocycles. The minimum absolute atomic E-state index is 0.270. The van der Waals surface area contributed by atoms with E-state index in [0.717, 1.165) is 47.3 Å². The third-order valence-electron chi connectivity index (χ3n) is 4.46. The number of hydrogen-bond acceptors (Lipinski definition) is 7. The molecule has 8 heteroatoms. The number of aromatic nitrogens is 1. The topological polar surface area (TPSA) is 61.0 Å². The van der Waals surface area contributed by atoms with Gasteiger partial charge in [-0.05, 0) is 73.8 Å². The van der Waals surface area contributed by atoms with Crippen molar-refractivity contribution in [3.63, 3.8) is 0 Å². The van der Waals surface area contributed by atoms with Crippen molar-refractivity contribution in [2.75, 3.05) is 35.0 Å². The normalized spacial score (nSPS) is 10.8. The molecule has 0 spiro atoms. The summed E-state index contributed by atoms with van der Waals surface area (Å²) in [7, 11) is 0.